The smallest absolute Gasteiger partial charge is 0.409 e. The van der Waals surface area contributed by atoms with Gasteiger partial charge < -0.3 is 16.3 Å². The van der Waals surface area contributed by atoms with E-state index in [0.29, 0.717) is 31.2 Å². The summed E-state index contributed by atoms with van der Waals surface area (Å²) in [5.74, 6) is -1.50. The van der Waals surface area contributed by atoms with Crippen LogP contribution in [0.25, 0.3) is 16.9 Å². The molecule has 1 aromatic heterocycles. The number of nitrogens with two attached hydrogens (primary N) is 1. The van der Waals surface area contributed by atoms with E-state index in [-0.39, 0.29) is 34.1 Å². The van der Waals surface area contributed by atoms with Gasteiger partial charge in [0, 0.05) is 17.5 Å². The summed E-state index contributed by atoms with van der Waals surface area (Å²) in [7, 11) is -4.46. The summed E-state index contributed by atoms with van der Waals surface area (Å²) in [6, 6.07) is 19.4. The van der Waals surface area contributed by atoms with Gasteiger partial charge in [-0.2, -0.15) is 18.3 Å². The van der Waals surface area contributed by atoms with Crippen LogP contribution in [-0.4, -0.2) is 47.1 Å². The Labute approximate surface area is 269 Å². The van der Waals surface area contributed by atoms with Crippen LogP contribution >= 0.6 is 0 Å². The number of carbonyl (C=O) groups excluding carboxylic acids is 2. The van der Waals surface area contributed by atoms with Crippen LogP contribution < -0.4 is 15.8 Å². The van der Waals surface area contributed by atoms with E-state index in [4.69, 9.17) is 10.9 Å². The number of benzene rings is 3. The molecule has 0 radical (unpaired) electrons. The van der Waals surface area contributed by atoms with Crippen molar-refractivity contribution >= 4 is 27.7 Å². The van der Waals surface area contributed by atoms with Crippen molar-refractivity contribution in [3.63, 3.8) is 0 Å². The number of nitrogens with zero attached hydrogens (tertiary/aromatic N) is 3. The lowest BCUT2D eigenvalue weighted by Gasteiger charge is -2.19. The van der Waals surface area contributed by atoms with E-state index in [2.05, 4.69) is 15.6 Å². The minimum atomic E-state index is -4.72. The molecule has 11 nitrogen and oxygen atoms in total. The number of alkyl halides is 3. The zero-order valence-electron chi connectivity index (χ0n) is 25.2. The van der Waals surface area contributed by atoms with Crippen LogP contribution in [0.1, 0.15) is 53.7 Å². The Kier molecular flexibility index (Phi) is 11.0. The fourth-order valence-corrected chi connectivity index (χ4v) is 5.68. The molecular formula is C32H33F3N6O5S. The van der Waals surface area contributed by atoms with E-state index in [9.17, 15) is 31.2 Å². The normalized spacial score (nSPS) is 12.8. The fourth-order valence-electron chi connectivity index (χ4n) is 4.66. The zero-order valence-corrected chi connectivity index (χ0v) is 26.1. The van der Waals surface area contributed by atoms with Crippen LogP contribution in [0.4, 0.5) is 13.2 Å². The number of carbonyl (C=O) groups is 2. The molecule has 5 N–H and O–H groups in total. The lowest BCUT2D eigenvalue weighted by molar-refractivity contribution is -0.141. The van der Waals surface area contributed by atoms with Crippen molar-refractivity contribution in [2.24, 2.45) is 10.9 Å². The molecule has 0 spiro atoms. The third kappa shape index (κ3) is 9.19. The summed E-state index contributed by atoms with van der Waals surface area (Å²) in [6.45, 7) is 1.84. The Morgan fingerprint density at radius 2 is 1.64 bits per heavy atom. The molecule has 0 unspecified atom stereocenters. The fraction of sp³-hybridized carbons (Fsp3) is 0.250. The minimum absolute atomic E-state index is 0.0495. The van der Waals surface area contributed by atoms with Crippen molar-refractivity contribution in [1.82, 2.24) is 19.8 Å². The van der Waals surface area contributed by atoms with E-state index in [1.807, 2.05) is 11.6 Å². The number of unbranched alkanes of at least 4 members (excludes halogenated alkanes) is 2. The number of nitrogens with one attached hydrogen (secondary N) is 2. The molecule has 4 rings (SSSR count). The summed E-state index contributed by atoms with van der Waals surface area (Å²) >= 11 is 0. The molecule has 0 aliphatic rings. The zero-order chi connectivity index (χ0) is 34.2. The highest BCUT2D eigenvalue weighted by Gasteiger charge is 2.35. The first-order chi connectivity index (χ1) is 22.3. The molecule has 2 amide bonds. The maximum Gasteiger partial charge on any atom is 0.435 e. The number of rotatable bonds is 13. The van der Waals surface area contributed by atoms with Gasteiger partial charge in [-0.05, 0) is 62.2 Å². The quantitative estimate of drug-likeness (QED) is 0.0500. The summed E-state index contributed by atoms with van der Waals surface area (Å²) in [6.07, 6.45) is -2.81. The van der Waals surface area contributed by atoms with Crippen LogP contribution in [-0.2, 0) is 21.0 Å². The molecule has 1 heterocycles. The van der Waals surface area contributed by atoms with Gasteiger partial charge in [0.05, 0.1) is 16.3 Å². The monoisotopic (exact) mass is 670 g/mol. The van der Waals surface area contributed by atoms with Gasteiger partial charge in [0.2, 0.25) is 0 Å². The van der Waals surface area contributed by atoms with Crippen molar-refractivity contribution in [2.75, 3.05) is 0 Å². The molecule has 1 atom stereocenters. The number of aromatic nitrogens is 2. The van der Waals surface area contributed by atoms with E-state index in [0.717, 1.165) is 28.4 Å². The lowest BCUT2D eigenvalue weighted by Crippen LogP contribution is -2.48. The predicted octanol–water partition coefficient (Wildman–Crippen LogP) is 5.17. The average molecular weight is 671 g/mol. The number of hydrogen-bond acceptors (Lipinski definition) is 7. The number of halogens is 3. The third-order valence-corrected chi connectivity index (χ3v) is 8.55. The number of oxime groups is 1. The lowest BCUT2D eigenvalue weighted by atomic mass is 10.1. The Bertz CT molecular complexity index is 1830. The average Bonchev–Trinajstić information content (AvgIpc) is 3.51. The standard InChI is InChI=1S/C32H33F3N6O5S/c1-21-12-14-22(15-13-21)27-20-28(32(33,34)35)38-41(27)24-16-18-25(19-17-24)47(45,46)40-31(43)26(10-6-3-7-11-29(36)39-44)37-30(42)23-8-4-2-5-9-23/h2,4-5,8-9,12-20,26,44H,3,6-7,10-11H2,1H3,(H2,36,39)(H,37,42)(H,40,43)/t26-/m0/s1. The van der Waals surface area contributed by atoms with Crippen molar-refractivity contribution in [2.45, 2.75) is 56.1 Å². The highest BCUT2D eigenvalue weighted by Crippen LogP contribution is 2.33. The number of aryl methyl sites for hydroxylation is 1. The van der Waals surface area contributed by atoms with Gasteiger partial charge in [-0.15, -0.1) is 0 Å². The molecule has 47 heavy (non-hydrogen) atoms. The minimum Gasteiger partial charge on any atom is -0.409 e. The number of amides is 2. The van der Waals surface area contributed by atoms with Gasteiger partial charge in [-0.1, -0.05) is 66.0 Å². The molecule has 3 aromatic carbocycles. The Morgan fingerprint density at radius 1 is 0.979 bits per heavy atom. The van der Waals surface area contributed by atoms with E-state index >= 15 is 0 Å². The van der Waals surface area contributed by atoms with Gasteiger partial charge in [-0.3, -0.25) is 9.59 Å². The first-order valence-corrected chi connectivity index (χ1v) is 16.0. The van der Waals surface area contributed by atoms with Gasteiger partial charge in [0.1, 0.15) is 11.9 Å². The molecule has 0 aliphatic carbocycles. The third-order valence-electron chi connectivity index (χ3n) is 7.19. The molecule has 4 aromatic rings. The summed E-state index contributed by atoms with van der Waals surface area (Å²) in [5.41, 5.74) is 6.31. The molecule has 0 aliphatic heterocycles. The molecule has 0 fully saturated rings. The van der Waals surface area contributed by atoms with Crippen LogP contribution in [0.5, 0.6) is 0 Å². The Hall–Kier alpha value is -5.18. The van der Waals surface area contributed by atoms with E-state index < -0.39 is 39.7 Å². The second kappa shape index (κ2) is 14.9. The maximum absolute atomic E-state index is 13.6. The molecule has 0 saturated heterocycles. The maximum atomic E-state index is 13.6. The van der Waals surface area contributed by atoms with Gasteiger partial charge in [0.25, 0.3) is 21.8 Å². The van der Waals surface area contributed by atoms with Crippen molar-refractivity contribution in [3.8, 4) is 16.9 Å². The topological polar surface area (TPSA) is 169 Å². The molecule has 0 saturated carbocycles. The highest BCUT2D eigenvalue weighted by atomic mass is 32.2. The molecule has 248 valence electrons. The second-order valence-electron chi connectivity index (χ2n) is 10.7. The molecule has 15 heteroatoms. The second-order valence-corrected chi connectivity index (χ2v) is 12.4. The van der Waals surface area contributed by atoms with Crippen LogP contribution in [0.3, 0.4) is 0 Å². The van der Waals surface area contributed by atoms with Crippen molar-refractivity contribution in [1.29, 1.82) is 0 Å². The Morgan fingerprint density at radius 3 is 2.26 bits per heavy atom. The summed E-state index contributed by atoms with van der Waals surface area (Å²) in [4.78, 5) is 25.7. The van der Waals surface area contributed by atoms with Gasteiger partial charge in [-0.25, -0.2) is 17.8 Å². The number of amidine groups is 1. The van der Waals surface area contributed by atoms with Crippen molar-refractivity contribution < 1.29 is 36.4 Å². The van der Waals surface area contributed by atoms with E-state index in [1.165, 1.54) is 12.1 Å². The molecule has 0 bridgehead atoms. The van der Waals surface area contributed by atoms with Gasteiger partial charge in [0.15, 0.2) is 5.69 Å². The molecular weight excluding hydrogens is 637 g/mol. The number of hydrogen-bond donors (Lipinski definition) is 4. The predicted molar refractivity (Wildman–Crippen MR) is 168 cm³/mol. The van der Waals surface area contributed by atoms with E-state index in [1.54, 1.807) is 54.6 Å². The Balaban J connectivity index is 1.53. The summed E-state index contributed by atoms with van der Waals surface area (Å²) < 4.78 is 70.3. The SMILES string of the molecule is Cc1ccc(-c2cc(C(F)(F)F)nn2-c2ccc(S(=O)(=O)NC(=O)[C@H](CCCCC/C(N)=N/O)NC(=O)c3ccccc3)cc2)cc1. The van der Waals surface area contributed by atoms with Gasteiger partial charge >= 0.3 is 6.18 Å². The largest absolute Gasteiger partial charge is 0.435 e. The van der Waals surface area contributed by atoms with Crippen LogP contribution in [0, 0.1) is 6.92 Å². The van der Waals surface area contributed by atoms with Crippen LogP contribution in [0.15, 0.2) is 95.0 Å². The first-order valence-electron chi connectivity index (χ1n) is 14.5. The van der Waals surface area contributed by atoms with Crippen LogP contribution in [0.2, 0.25) is 0 Å². The number of sulfonamides is 1. The highest BCUT2D eigenvalue weighted by molar-refractivity contribution is 7.90. The van der Waals surface area contributed by atoms with Crippen molar-refractivity contribution in [3.05, 3.63) is 102 Å². The summed E-state index contributed by atoms with van der Waals surface area (Å²) in [5, 5.41) is 17.9. The first kappa shape index (κ1) is 34.7.